The highest BCUT2D eigenvalue weighted by molar-refractivity contribution is 5.68. The fourth-order valence-electron chi connectivity index (χ4n) is 1.74. The van der Waals surface area contributed by atoms with Crippen molar-refractivity contribution in [1.82, 2.24) is 10.1 Å². The summed E-state index contributed by atoms with van der Waals surface area (Å²) in [6, 6.07) is 0. The van der Waals surface area contributed by atoms with E-state index in [1.807, 2.05) is 0 Å². The molecule has 2 heterocycles. The summed E-state index contributed by atoms with van der Waals surface area (Å²) in [7, 11) is 0. The summed E-state index contributed by atoms with van der Waals surface area (Å²) in [5.74, 6) is -0.275. The van der Waals surface area contributed by atoms with Crippen LogP contribution in [0.25, 0.3) is 0 Å². The van der Waals surface area contributed by atoms with E-state index in [0.717, 1.165) is 25.9 Å². The second kappa shape index (κ2) is 5.07. The first-order valence-corrected chi connectivity index (χ1v) is 5.39. The van der Waals surface area contributed by atoms with E-state index in [4.69, 9.17) is 14.4 Å². The number of carbonyl (C=O) groups is 1. The fraction of sp³-hybridized carbons (Fsp3) is 0.700. The Labute approximate surface area is 92.6 Å². The molecule has 1 saturated heterocycles. The summed E-state index contributed by atoms with van der Waals surface area (Å²) < 4.78 is 10.5. The summed E-state index contributed by atoms with van der Waals surface area (Å²) in [6.45, 7) is 0.779. The molecule has 1 N–H and O–H groups in total. The Kier molecular flexibility index (Phi) is 3.51. The quantitative estimate of drug-likeness (QED) is 0.817. The van der Waals surface area contributed by atoms with Crippen molar-refractivity contribution >= 4 is 5.97 Å². The van der Waals surface area contributed by atoms with Gasteiger partial charge in [-0.25, -0.2) is 0 Å². The molecule has 1 fully saturated rings. The molecule has 1 aromatic heterocycles. The summed E-state index contributed by atoms with van der Waals surface area (Å²) in [5.41, 5.74) is 0. The van der Waals surface area contributed by atoms with Crippen molar-refractivity contribution in [1.29, 1.82) is 0 Å². The molecule has 88 valence electrons. The average molecular weight is 226 g/mol. The minimum Gasteiger partial charge on any atom is -0.481 e. The van der Waals surface area contributed by atoms with Crippen LogP contribution >= 0.6 is 0 Å². The Bertz CT molecular complexity index is 357. The highest BCUT2D eigenvalue weighted by Gasteiger charge is 2.18. The number of aliphatic carboxylic acids is 1. The van der Waals surface area contributed by atoms with Gasteiger partial charge in [-0.3, -0.25) is 4.79 Å². The van der Waals surface area contributed by atoms with Gasteiger partial charge >= 0.3 is 5.97 Å². The van der Waals surface area contributed by atoms with E-state index in [1.165, 1.54) is 0 Å². The Hall–Kier alpha value is -1.43. The normalized spacial score (nSPS) is 20.9. The summed E-state index contributed by atoms with van der Waals surface area (Å²) in [5, 5.41) is 12.2. The molecule has 0 amide bonds. The third-order valence-corrected chi connectivity index (χ3v) is 2.50. The van der Waals surface area contributed by atoms with Crippen molar-refractivity contribution in [3.05, 3.63) is 11.7 Å². The number of aromatic nitrogens is 2. The molecule has 1 unspecified atom stereocenters. The maximum Gasteiger partial charge on any atom is 0.311 e. The smallest absolute Gasteiger partial charge is 0.311 e. The van der Waals surface area contributed by atoms with Gasteiger partial charge in [0.25, 0.3) is 0 Å². The first kappa shape index (κ1) is 11.1. The zero-order valence-corrected chi connectivity index (χ0v) is 8.89. The molecule has 0 aliphatic carbocycles. The van der Waals surface area contributed by atoms with Crippen LogP contribution < -0.4 is 0 Å². The number of carboxylic acid groups (broad SMARTS) is 1. The first-order chi connectivity index (χ1) is 7.74. The van der Waals surface area contributed by atoms with E-state index in [0.29, 0.717) is 12.3 Å². The van der Waals surface area contributed by atoms with Crippen molar-refractivity contribution in [2.45, 2.75) is 38.2 Å². The van der Waals surface area contributed by atoms with E-state index in [2.05, 4.69) is 10.1 Å². The lowest BCUT2D eigenvalue weighted by Crippen LogP contribution is -2.21. The molecule has 0 spiro atoms. The topological polar surface area (TPSA) is 85.5 Å². The lowest BCUT2D eigenvalue weighted by molar-refractivity contribution is -0.136. The number of nitrogens with zero attached hydrogens (tertiary/aromatic N) is 2. The highest BCUT2D eigenvalue weighted by Crippen LogP contribution is 2.16. The molecule has 6 nitrogen and oxygen atoms in total. The van der Waals surface area contributed by atoms with Gasteiger partial charge < -0.3 is 14.4 Å². The van der Waals surface area contributed by atoms with Crippen LogP contribution in [0.15, 0.2) is 4.52 Å². The van der Waals surface area contributed by atoms with E-state index in [-0.39, 0.29) is 18.3 Å². The molecule has 1 atom stereocenters. The van der Waals surface area contributed by atoms with E-state index < -0.39 is 5.97 Å². The monoisotopic (exact) mass is 226 g/mol. The number of carboxylic acids is 1. The van der Waals surface area contributed by atoms with Gasteiger partial charge in [-0.1, -0.05) is 5.16 Å². The summed E-state index contributed by atoms with van der Waals surface area (Å²) >= 11 is 0. The van der Waals surface area contributed by atoms with Gasteiger partial charge in [0.05, 0.1) is 12.5 Å². The minimum absolute atomic E-state index is 0.131. The Morgan fingerprint density at radius 1 is 1.50 bits per heavy atom. The number of rotatable bonds is 4. The van der Waals surface area contributed by atoms with Crippen LogP contribution in [-0.4, -0.2) is 33.9 Å². The third kappa shape index (κ3) is 3.03. The average Bonchev–Trinajstić information content (AvgIpc) is 2.66. The van der Waals surface area contributed by atoms with E-state index in [9.17, 15) is 4.79 Å². The van der Waals surface area contributed by atoms with Gasteiger partial charge in [-0.2, -0.15) is 4.98 Å². The Morgan fingerprint density at radius 2 is 2.38 bits per heavy atom. The van der Waals surface area contributed by atoms with Crippen molar-refractivity contribution in [3.8, 4) is 0 Å². The largest absolute Gasteiger partial charge is 0.481 e. The van der Waals surface area contributed by atoms with Crippen LogP contribution in [0.5, 0.6) is 0 Å². The lowest BCUT2D eigenvalue weighted by atomic mass is 10.1. The summed E-state index contributed by atoms with van der Waals surface area (Å²) in [6.07, 6.45) is 3.76. The van der Waals surface area contributed by atoms with Crippen molar-refractivity contribution in [3.63, 3.8) is 0 Å². The van der Waals surface area contributed by atoms with Gasteiger partial charge in [0.15, 0.2) is 5.82 Å². The zero-order valence-electron chi connectivity index (χ0n) is 8.89. The highest BCUT2D eigenvalue weighted by atomic mass is 16.5. The zero-order chi connectivity index (χ0) is 11.4. The van der Waals surface area contributed by atoms with Crippen molar-refractivity contribution < 1.29 is 19.2 Å². The van der Waals surface area contributed by atoms with Crippen LogP contribution in [-0.2, 0) is 22.4 Å². The molecule has 1 aromatic rings. The Morgan fingerprint density at radius 3 is 3.06 bits per heavy atom. The second-order valence-corrected chi connectivity index (χ2v) is 3.87. The summed E-state index contributed by atoms with van der Waals surface area (Å²) in [4.78, 5) is 14.4. The fourth-order valence-corrected chi connectivity index (χ4v) is 1.74. The van der Waals surface area contributed by atoms with Crippen LogP contribution in [0.2, 0.25) is 0 Å². The van der Waals surface area contributed by atoms with E-state index in [1.54, 1.807) is 0 Å². The molecular weight excluding hydrogens is 212 g/mol. The van der Waals surface area contributed by atoms with Crippen LogP contribution in [0.3, 0.4) is 0 Å². The van der Waals surface area contributed by atoms with Gasteiger partial charge in [0, 0.05) is 6.61 Å². The van der Waals surface area contributed by atoms with Crippen LogP contribution in [0.4, 0.5) is 0 Å². The number of ether oxygens (including phenoxy) is 1. The second-order valence-electron chi connectivity index (χ2n) is 3.87. The predicted octanol–water partition coefficient (Wildman–Crippen LogP) is 0.808. The molecule has 0 aromatic carbocycles. The van der Waals surface area contributed by atoms with Crippen molar-refractivity contribution in [2.24, 2.45) is 0 Å². The van der Waals surface area contributed by atoms with Gasteiger partial charge in [0.2, 0.25) is 5.89 Å². The third-order valence-electron chi connectivity index (χ3n) is 2.50. The maximum atomic E-state index is 10.4. The van der Waals surface area contributed by atoms with Crippen LogP contribution in [0.1, 0.15) is 31.0 Å². The number of hydrogen-bond acceptors (Lipinski definition) is 5. The predicted molar refractivity (Wildman–Crippen MR) is 52.9 cm³/mol. The molecule has 2 rings (SSSR count). The molecule has 0 radical (unpaired) electrons. The number of hydrogen-bond donors (Lipinski definition) is 1. The van der Waals surface area contributed by atoms with Gasteiger partial charge in [-0.15, -0.1) is 0 Å². The lowest BCUT2D eigenvalue weighted by Gasteiger charge is -2.20. The minimum atomic E-state index is -0.957. The molecule has 1 aliphatic rings. The molecule has 6 heteroatoms. The SMILES string of the molecule is O=C(O)Cc1noc(CC2CCCCO2)n1. The molecule has 16 heavy (non-hydrogen) atoms. The van der Waals surface area contributed by atoms with Crippen LogP contribution in [0, 0.1) is 0 Å². The van der Waals surface area contributed by atoms with Gasteiger partial charge in [0.1, 0.15) is 6.42 Å². The molecule has 1 aliphatic heterocycles. The first-order valence-electron chi connectivity index (χ1n) is 5.39. The Balaban J connectivity index is 1.88. The van der Waals surface area contributed by atoms with Crippen molar-refractivity contribution in [2.75, 3.05) is 6.61 Å². The standard InChI is InChI=1S/C10H14N2O4/c13-10(14)6-8-11-9(16-12-8)5-7-3-1-2-4-15-7/h7H,1-6H2,(H,13,14). The molecule has 0 bridgehead atoms. The molecule has 0 saturated carbocycles. The van der Waals surface area contributed by atoms with E-state index >= 15 is 0 Å². The molecular formula is C10H14N2O4. The van der Waals surface area contributed by atoms with Gasteiger partial charge in [-0.05, 0) is 19.3 Å². The maximum absolute atomic E-state index is 10.4.